The molecule has 17 heavy (non-hydrogen) atoms. The van der Waals surface area contributed by atoms with Crippen LogP contribution in [0, 0.1) is 0 Å². The van der Waals surface area contributed by atoms with Crippen LogP contribution in [0.15, 0.2) is 22.3 Å². The smallest absolute Gasteiger partial charge is 0.347 e. The van der Waals surface area contributed by atoms with Crippen LogP contribution in [0.4, 0.5) is 5.82 Å². The summed E-state index contributed by atoms with van der Waals surface area (Å²) in [6, 6.07) is 4.02. The molecule has 88 valence electrons. The van der Waals surface area contributed by atoms with Crippen molar-refractivity contribution in [2.45, 2.75) is 19.3 Å². The second kappa shape index (κ2) is 4.33. The molecular formula is C12H13N3OS. The first-order chi connectivity index (χ1) is 8.34. The Hall–Kier alpha value is -1.62. The van der Waals surface area contributed by atoms with Crippen LogP contribution in [0.1, 0.15) is 18.4 Å². The molecule has 0 amide bonds. The van der Waals surface area contributed by atoms with Crippen LogP contribution >= 0.6 is 11.3 Å². The fourth-order valence-corrected chi connectivity index (χ4v) is 2.91. The van der Waals surface area contributed by atoms with E-state index in [-0.39, 0.29) is 5.69 Å². The van der Waals surface area contributed by atoms with Gasteiger partial charge in [0.15, 0.2) is 0 Å². The average molecular weight is 247 g/mol. The maximum atomic E-state index is 11.6. The van der Waals surface area contributed by atoms with Crippen LogP contribution in [0.3, 0.4) is 0 Å². The number of fused-ring (bicyclic) bond motifs is 1. The highest BCUT2D eigenvalue weighted by molar-refractivity contribution is 7.13. The number of hydrogen-bond acceptors (Lipinski definition) is 4. The lowest BCUT2D eigenvalue weighted by Crippen LogP contribution is -2.16. The van der Waals surface area contributed by atoms with Crippen molar-refractivity contribution in [2.24, 2.45) is 0 Å². The van der Waals surface area contributed by atoms with Gasteiger partial charge in [0.1, 0.15) is 5.82 Å². The summed E-state index contributed by atoms with van der Waals surface area (Å²) < 4.78 is 0. The van der Waals surface area contributed by atoms with E-state index in [9.17, 15) is 4.79 Å². The van der Waals surface area contributed by atoms with Crippen molar-refractivity contribution >= 4 is 17.2 Å². The molecule has 0 atom stereocenters. The third kappa shape index (κ3) is 1.98. The highest BCUT2D eigenvalue weighted by Crippen LogP contribution is 2.30. The number of aromatic amines is 1. The number of rotatable bonds is 1. The molecule has 0 saturated heterocycles. The third-order valence-electron chi connectivity index (χ3n) is 2.95. The van der Waals surface area contributed by atoms with Crippen molar-refractivity contribution in [3.05, 3.63) is 33.6 Å². The van der Waals surface area contributed by atoms with Gasteiger partial charge in [-0.25, -0.2) is 4.79 Å². The number of thiophene rings is 1. The second-order valence-electron chi connectivity index (χ2n) is 4.11. The SMILES string of the molecule is O=c1nc2c(c(-c3cccs3)[nH]1)CCCCN2. The van der Waals surface area contributed by atoms with Crippen LogP contribution in [0.25, 0.3) is 10.6 Å². The Bertz CT molecular complexity index is 574. The molecule has 4 nitrogen and oxygen atoms in total. The summed E-state index contributed by atoms with van der Waals surface area (Å²) in [5.74, 6) is 0.759. The minimum atomic E-state index is -0.276. The molecule has 0 bridgehead atoms. The minimum Gasteiger partial charge on any atom is -0.370 e. The predicted molar refractivity (Wildman–Crippen MR) is 69.6 cm³/mol. The molecule has 1 aliphatic rings. The van der Waals surface area contributed by atoms with Crippen LogP contribution in [-0.2, 0) is 6.42 Å². The summed E-state index contributed by atoms with van der Waals surface area (Å²) in [5.41, 5.74) is 1.80. The predicted octanol–water partition coefficient (Wildman–Crippen LogP) is 2.25. The Labute approximate surface area is 103 Å². The number of nitrogens with one attached hydrogen (secondary N) is 2. The van der Waals surface area contributed by atoms with E-state index in [1.165, 1.54) is 0 Å². The van der Waals surface area contributed by atoms with Crippen molar-refractivity contribution in [1.82, 2.24) is 9.97 Å². The lowest BCUT2D eigenvalue weighted by molar-refractivity contribution is 0.785. The van der Waals surface area contributed by atoms with Crippen LogP contribution in [-0.4, -0.2) is 16.5 Å². The van der Waals surface area contributed by atoms with Crippen molar-refractivity contribution in [1.29, 1.82) is 0 Å². The monoisotopic (exact) mass is 247 g/mol. The summed E-state index contributed by atoms with van der Waals surface area (Å²) in [6.45, 7) is 0.896. The Morgan fingerprint density at radius 3 is 3.12 bits per heavy atom. The van der Waals surface area contributed by atoms with Crippen molar-refractivity contribution in [3.8, 4) is 10.6 Å². The van der Waals surface area contributed by atoms with E-state index in [1.54, 1.807) is 11.3 Å². The zero-order valence-corrected chi connectivity index (χ0v) is 10.1. The number of hydrogen-bond donors (Lipinski definition) is 2. The van der Waals surface area contributed by atoms with Gasteiger partial charge >= 0.3 is 5.69 Å². The molecule has 2 aromatic rings. The molecule has 3 heterocycles. The van der Waals surface area contributed by atoms with Crippen LogP contribution in [0.2, 0.25) is 0 Å². The number of nitrogens with zero attached hydrogens (tertiary/aromatic N) is 1. The molecule has 0 saturated carbocycles. The van der Waals surface area contributed by atoms with E-state index < -0.39 is 0 Å². The first kappa shape index (κ1) is 10.5. The molecule has 2 N–H and O–H groups in total. The third-order valence-corrected chi connectivity index (χ3v) is 3.83. The lowest BCUT2D eigenvalue weighted by Gasteiger charge is -2.09. The van der Waals surface area contributed by atoms with E-state index >= 15 is 0 Å². The number of aromatic nitrogens is 2. The summed E-state index contributed by atoms with van der Waals surface area (Å²) in [4.78, 5) is 19.6. The average Bonchev–Trinajstić information content (AvgIpc) is 2.74. The summed E-state index contributed by atoms with van der Waals surface area (Å²) in [5, 5.41) is 5.26. The lowest BCUT2D eigenvalue weighted by atomic mass is 10.1. The van der Waals surface area contributed by atoms with E-state index in [0.29, 0.717) is 0 Å². The Morgan fingerprint density at radius 2 is 2.29 bits per heavy atom. The van der Waals surface area contributed by atoms with Gasteiger partial charge in [-0.3, -0.25) is 0 Å². The van der Waals surface area contributed by atoms with Crippen molar-refractivity contribution in [3.63, 3.8) is 0 Å². The standard InChI is InChI=1S/C12H13N3OS/c16-12-14-10(9-5-3-7-17-9)8-4-1-2-6-13-11(8)15-12/h3,5,7H,1-2,4,6H2,(H2,13,14,15,16). The fraction of sp³-hybridized carbons (Fsp3) is 0.333. The Balaban J connectivity index is 2.20. The van der Waals surface area contributed by atoms with Crippen molar-refractivity contribution in [2.75, 3.05) is 11.9 Å². The maximum absolute atomic E-state index is 11.6. The summed E-state index contributed by atoms with van der Waals surface area (Å²) in [6.07, 6.45) is 3.22. The Morgan fingerprint density at radius 1 is 1.35 bits per heavy atom. The summed E-state index contributed by atoms with van der Waals surface area (Å²) in [7, 11) is 0. The van der Waals surface area contributed by atoms with Gasteiger partial charge in [-0.05, 0) is 30.7 Å². The van der Waals surface area contributed by atoms with Crippen molar-refractivity contribution < 1.29 is 0 Å². The molecule has 0 unspecified atom stereocenters. The summed E-state index contributed by atoms with van der Waals surface area (Å²) >= 11 is 1.64. The number of anilines is 1. The molecule has 0 aromatic carbocycles. The highest BCUT2D eigenvalue weighted by Gasteiger charge is 2.16. The van der Waals surface area contributed by atoms with Gasteiger partial charge in [-0.1, -0.05) is 6.07 Å². The quantitative estimate of drug-likeness (QED) is 0.812. The highest BCUT2D eigenvalue weighted by atomic mass is 32.1. The molecule has 5 heteroatoms. The minimum absolute atomic E-state index is 0.276. The van der Waals surface area contributed by atoms with Gasteiger partial charge in [-0.2, -0.15) is 4.98 Å². The Kier molecular flexibility index (Phi) is 2.68. The van der Waals surface area contributed by atoms with Gasteiger partial charge < -0.3 is 10.3 Å². The first-order valence-electron chi connectivity index (χ1n) is 5.75. The van der Waals surface area contributed by atoms with E-state index in [4.69, 9.17) is 0 Å². The second-order valence-corrected chi connectivity index (χ2v) is 5.05. The van der Waals surface area contributed by atoms with E-state index in [0.717, 1.165) is 47.8 Å². The zero-order chi connectivity index (χ0) is 11.7. The number of H-pyrrole nitrogens is 1. The van der Waals surface area contributed by atoms with Gasteiger partial charge in [0, 0.05) is 12.1 Å². The topological polar surface area (TPSA) is 57.8 Å². The van der Waals surface area contributed by atoms with Crippen LogP contribution < -0.4 is 11.0 Å². The molecule has 0 radical (unpaired) electrons. The molecule has 0 aliphatic carbocycles. The van der Waals surface area contributed by atoms with Gasteiger partial charge in [-0.15, -0.1) is 11.3 Å². The van der Waals surface area contributed by atoms with E-state index in [2.05, 4.69) is 15.3 Å². The molecule has 2 aromatic heterocycles. The van der Waals surface area contributed by atoms with Crippen LogP contribution in [0.5, 0.6) is 0 Å². The molecular weight excluding hydrogens is 234 g/mol. The fourth-order valence-electron chi connectivity index (χ4n) is 2.15. The molecule has 1 aliphatic heterocycles. The van der Waals surface area contributed by atoms with Gasteiger partial charge in [0.25, 0.3) is 0 Å². The van der Waals surface area contributed by atoms with Gasteiger partial charge in [0.05, 0.1) is 10.6 Å². The zero-order valence-electron chi connectivity index (χ0n) is 9.32. The van der Waals surface area contributed by atoms with E-state index in [1.807, 2.05) is 17.5 Å². The van der Waals surface area contributed by atoms with Gasteiger partial charge in [0.2, 0.25) is 0 Å². The molecule has 0 fully saturated rings. The first-order valence-corrected chi connectivity index (χ1v) is 6.63. The normalized spacial score (nSPS) is 14.8. The largest absolute Gasteiger partial charge is 0.370 e. The molecule has 0 spiro atoms. The maximum Gasteiger partial charge on any atom is 0.347 e. The molecule has 3 rings (SSSR count).